The Balaban J connectivity index is 2.17. The Kier molecular flexibility index (Phi) is 4.55. The first-order valence-corrected chi connectivity index (χ1v) is 6.84. The maximum atomic E-state index is 5.59. The highest BCUT2D eigenvalue weighted by Crippen LogP contribution is 2.21. The third-order valence-electron chi connectivity index (χ3n) is 3.72. The van der Waals surface area contributed by atoms with Crippen molar-refractivity contribution in [3.8, 4) is 0 Å². The molecule has 0 radical (unpaired) electrons. The Bertz CT molecular complexity index is 363. The molecule has 4 nitrogen and oxygen atoms in total. The molecule has 0 aliphatic carbocycles. The largest absolute Gasteiger partial charge is 0.366 e. The third-order valence-corrected chi connectivity index (χ3v) is 3.72. The fraction of sp³-hybridized carbons (Fsp3) is 0.643. The summed E-state index contributed by atoms with van der Waals surface area (Å²) in [6.07, 6.45) is 4.35. The quantitative estimate of drug-likeness (QED) is 0.879. The van der Waals surface area contributed by atoms with Gasteiger partial charge in [-0.05, 0) is 38.6 Å². The van der Waals surface area contributed by atoms with Gasteiger partial charge in [-0.3, -0.25) is 4.98 Å². The summed E-state index contributed by atoms with van der Waals surface area (Å²) in [6, 6.07) is 4.78. The van der Waals surface area contributed by atoms with Gasteiger partial charge in [0.25, 0.3) is 0 Å². The third kappa shape index (κ3) is 3.00. The monoisotopic (exact) mass is 248 g/mol. The minimum absolute atomic E-state index is 0.514. The predicted octanol–water partition coefficient (Wildman–Crippen LogP) is 1.46. The number of aromatic nitrogens is 1. The van der Waals surface area contributed by atoms with Gasteiger partial charge in [0.1, 0.15) is 0 Å². The molecule has 2 rings (SSSR count). The molecule has 1 fully saturated rings. The predicted molar refractivity (Wildman–Crippen MR) is 75.7 cm³/mol. The first kappa shape index (κ1) is 13.3. The summed E-state index contributed by atoms with van der Waals surface area (Å²) >= 11 is 0. The lowest BCUT2D eigenvalue weighted by atomic mass is 10.1. The molecule has 4 heteroatoms. The van der Waals surface area contributed by atoms with Gasteiger partial charge in [0.15, 0.2) is 0 Å². The van der Waals surface area contributed by atoms with Crippen molar-refractivity contribution in [1.29, 1.82) is 0 Å². The van der Waals surface area contributed by atoms with Crippen LogP contribution in [-0.4, -0.2) is 42.6 Å². The minimum Gasteiger partial charge on any atom is -0.366 e. The first-order valence-electron chi connectivity index (χ1n) is 6.84. The lowest BCUT2D eigenvalue weighted by Gasteiger charge is -2.32. The number of likely N-dealkylation sites (N-methyl/N-ethyl adjacent to an activating group) is 1. The van der Waals surface area contributed by atoms with Crippen LogP contribution in [0.25, 0.3) is 0 Å². The molecule has 1 aliphatic heterocycles. The van der Waals surface area contributed by atoms with Crippen LogP contribution in [0, 0.1) is 0 Å². The summed E-state index contributed by atoms with van der Waals surface area (Å²) in [6.45, 7) is 6.21. The molecular formula is C14H24N4. The van der Waals surface area contributed by atoms with E-state index in [2.05, 4.69) is 34.8 Å². The van der Waals surface area contributed by atoms with Gasteiger partial charge in [0.2, 0.25) is 0 Å². The fourth-order valence-corrected chi connectivity index (χ4v) is 2.64. The van der Waals surface area contributed by atoms with E-state index in [1.807, 2.05) is 12.3 Å². The lowest BCUT2D eigenvalue weighted by Crippen LogP contribution is -2.39. The topological polar surface area (TPSA) is 45.4 Å². The summed E-state index contributed by atoms with van der Waals surface area (Å²) in [5.74, 6) is 0. The van der Waals surface area contributed by atoms with Crippen LogP contribution in [0.2, 0.25) is 0 Å². The van der Waals surface area contributed by atoms with E-state index in [1.54, 1.807) is 0 Å². The van der Waals surface area contributed by atoms with E-state index in [0.29, 0.717) is 12.6 Å². The van der Waals surface area contributed by atoms with Crippen molar-refractivity contribution in [2.75, 3.05) is 31.6 Å². The number of hydrogen-bond acceptors (Lipinski definition) is 4. The lowest BCUT2D eigenvalue weighted by molar-refractivity contribution is 0.328. The van der Waals surface area contributed by atoms with Crippen LogP contribution in [0.1, 0.15) is 25.5 Å². The van der Waals surface area contributed by atoms with E-state index < -0.39 is 0 Å². The average molecular weight is 248 g/mol. The molecule has 1 aromatic rings. The van der Waals surface area contributed by atoms with Crippen molar-refractivity contribution in [2.45, 2.75) is 32.4 Å². The maximum absolute atomic E-state index is 5.59. The molecule has 0 aromatic carbocycles. The number of nitrogens with zero attached hydrogens (tertiary/aromatic N) is 3. The molecule has 1 aliphatic rings. The second kappa shape index (κ2) is 6.16. The Morgan fingerprint density at radius 2 is 2.22 bits per heavy atom. The van der Waals surface area contributed by atoms with Gasteiger partial charge in [0, 0.05) is 25.7 Å². The second-order valence-electron chi connectivity index (χ2n) is 5.08. The molecule has 1 unspecified atom stereocenters. The highest BCUT2D eigenvalue weighted by Gasteiger charge is 2.22. The first-order chi connectivity index (χ1) is 8.74. The van der Waals surface area contributed by atoms with Crippen LogP contribution < -0.4 is 10.6 Å². The van der Waals surface area contributed by atoms with E-state index in [0.717, 1.165) is 18.8 Å². The van der Waals surface area contributed by atoms with Crippen LogP contribution in [0.5, 0.6) is 0 Å². The van der Waals surface area contributed by atoms with Crippen molar-refractivity contribution in [3.05, 3.63) is 24.0 Å². The van der Waals surface area contributed by atoms with Gasteiger partial charge in [0.05, 0.1) is 17.6 Å². The Morgan fingerprint density at radius 1 is 1.39 bits per heavy atom. The van der Waals surface area contributed by atoms with Crippen LogP contribution >= 0.6 is 0 Å². The number of rotatable bonds is 3. The summed E-state index contributed by atoms with van der Waals surface area (Å²) in [5.41, 5.74) is 7.78. The molecule has 0 spiro atoms. The van der Waals surface area contributed by atoms with Gasteiger partial charge in [-0.25, -0.2) is 0 Å². The van der Waals surface area contributed by atoms with Gasteiger partial charge in [-0.2, -0.15) is 0 Å². The van der Waals surface area contributed by atoms with Crippen molar-refractivity contribution in [3.63, 3.8) is 0 Å². The van der Waals surface area contributed by atoms with Gasteiger partial charge < -0.3 is 15.5 Å². The van der Waals surface area contributed by atoms with E-state index in [4.69, 9.17) is 5.73 Å². The highest BCUT2D eigenvalue weighted by molar-refractivity contribution is 5.46. The van der Waals surface area contributed by atoms with Crippen LogP contribution in [0.15, 0.2) is 18.3 Å². The molecular weight excluding hydrogens is 224 g/mol. The smallest absolute Gasteiger partial charge is 0.0555 e. The maximum Gasteiger partial charge on any atom is 0.0555 e. The summed E-state index contributed by atoms with van der Waals surface area (Å²) < 4.78 is 0. The highest BCUT2D eigenvalue weighted by atomic mass is 15.2. The van der Waals surface area contributed by atoms with Gasteiger partial charge in [-0.15, -0.1) is 0 Å². The van der Waals surface area contributed by atoms with Gasteiger partial charge in [-0.1, -0.05) is 6.92 Å². The molecule has 1 saturated heterocycles. The van der Waals surface area contributed by atoms with Crippen molar-refractivity contribution in [1.82, 2.24) is 9.88 Å². The summed E-state index contributed by atoms with van der Waals surface area (Å²) in [5, 5.41) is 0. The summed E-state index contributed by atoms with van der Waals surface area (Å²) in [7, 11) is 2.21. The number of hydrogen-bond donors (Lipinski definition) is 1. The van der Waals surface area contributed by atoms with Gasteiger partial charge >= 0.3 is 0 Å². The van der Waals surface area contributed by atoms with E-state index >= 15 is 0 Å². The SMILES string of the molecule is CCC1CN(C)CCCN1c1ccc(CN)nc1. The zero-order valence-corrected chi connectivity index (χ0v) is 11.5. The molecule has 0 amide bonds. The van der Waals surface area contributed by atoms with Crippen molar-refractivity contribution in [2.24, 2.45) is 5.73 Å². The van der Waals surface area contributed by atoms with Crippen molar-refractivity contribution >= 4 is 5.69 Å². The van der Waals surface area contributed by atoms with E-state index in [-0.39, 0.29) is 0 Å². The number of pyridine rings is 1. The molecule has 0 bridgehead atoms. The number of anilines is 1. The molecule has 1 atom stereocenters. The normalized spacial score (nSPS) is 21.9. The van der Waals surface area contributed by atoms with Crippen LogP contribution in [0.3, 0.4) is 0 Å². The molecule has 2 N–H and O–H groups in total. The molecule has 100 valence electrons. The average Bonchev–Trinajstić information content (AvgIpc) is 2.60. The zero-order valence-electron chi connectivity index (χ0n) is 11.5. The Morgan fingerprint density at radius 3 is 2.83 bits per heavy atom. The van der Waals surface area contributed by atoms with Crippen LogP contribution in [-0.2, 0) is 6.54 Å². The zero-order chi connectivity index (χ0) is 13.0. The molecule has 2 heterocycles. The number of nitrogens with two attached hydrogens (primary N) is 1. The van der Waals surface area contributed by atoms with Crippen LogP contribution in [0.4, 0.5) is 5.69 Å². The Labute approximate surface area is 110 Å². The Hall–Kier alpha value is -1.13. The molecule has 18 heavy (non-hydrogen) atoms. The van der Waals surface area contributed by atoms with E-state index in [9.17, 15) is 0 Å². The van der Waals surface area contributed by atoms with E-state index in [1.165, 1.54) is 25.1 Å². The molecule has 1 aromatic heterocycles. The minimum atomic E-state index is 0.514. The second-order valence-corrected chi connectivity index (χ2v) is 5.08. The van der Waals surface area contributed by atoms with Crippen molar-refractivity contribution < 1.29 is 0 Å². The molecule has 0 saturated carbocycles. The fourth-order valence-electron chi connectivity index (χ4n) is 2.64. The standard InChI is InChI=1S/C14H24N4/c1-3-13-11-17(2)7-4-8-18(13)14-6-5-12(9-15)16-10-14/h5-6,10,13H,3-4,7-9,11,15H2,1-2H3. The summed E-state index contributed by atoms with van der Waals surface area (Å²) in [4.78, 5) is 9.33.